The van der Waals surface area contributed by atoms with E-state index in [0.717, 1.165) is 30.1 Å². The fraction of sp³-hybridized carbons (Fsp3) is 0.526. The Morgan fingerprint density at radius 1 is 1.27 bits per heavy atom. The third-order valence-corrected chi connectivity index (χ3v) is 5.27. The highest BCUT2D eigenvalue weighted by Crippen LogP contribution is 2.42. The number of carbonyl (C=O) groups excluding carboxylic acids is 1. The van der Waals surface area contributed by atoms with Crippen LogP contribution in [0, 0.1) is 0 Å². The molecule has 4 rings (SSSR count). The molecule has 0 unspecified atom stereocenters. The topological polar surface area (TPSA) is 97.9 Å². The fourth-order valence-corrected chi connectivity index (χ4v) is 3.63. The Morgan fingerprint density at radius 3 is 2.77 bits per heavy atom. The zero-order valence-electron chi connectivity index (χ0n) is 15.1. The lowest BCUT2D eigenvalue weighted by molar-refractivity contribution is 0.0963. The van der Waals surface area contributed by atoms with Crippen LogP contribution in [0.3, 0.4) is 0 Å². The molecule has 1 amide bonds. The lowest BCUT2D eigenvalue weighted by Gasteiger charge is -2.31. The van der Waals surface area contributed by atoms with Gasteiger partial charge in [-0.1, -0.05) is 12.1 Å². The minimum atomic E-state index is -0.0660. The first kappa shape index (κ1) is 17.2. The van der Waals surface area contributed by atoms with Gasteiger partial charge in [0.25, 0.3) is 5.91 Å². The van der Waals surface area contributed by atoms with Gasteiger partial charge < -0.3 is 20.9 Å². The normalized spacial score (nSPS) is 22.1. The Bertz CT molecular complexity index is 791. The molecule has 2 aromatic rings. The highest BCUT2D eigenvalue weighted by atomic mass is 16.1. The molecule has 138 valence electrons. The maximum Gasteiger partial charge on any atom is 0.251 e. The molecule has 0 saturated heterocycles. The molecule has 1 aromatic carbocycles. The largest absolute Gasteiger partial charge is 0.355 e. The number of nitrogens with one attached hydrogen (secondary N) is 2. The molecule has 4 N–H and O–H groups in total. The van der Waals surface area contributed by atoms with Crippen molar-refractivity contribution >= 4 is 5.91 Å². The van der Waals surface area contributed by atoms with Crippen LogP contribution in [0.25, 0.3) is 0 Å². The van der Waals surface area contributed by atoms with E-state index in [1.807, 2.05) is 24.3 Å². The number of hydrogen-bond donors (Lipinski definition) is 3. The molecule has 0 aliphatic heterocycles. The van der Waals surface area contributed by atoms with Crippen LogP contribution in [-0.2, 0) is 13.1 Å². The summed E-state index contributed by atoms with van der Waals surface area (Å²) in [6.45, 7) is 1.36. The molecule has 7 heteroatoms. The van der Waals surface area contributed by atoms with Crippen LogP contribution in [0.5, 0.6) is 0 Å². The summed E-state index contributed by atoms with van der Waals surface area (Å²) >= 11 is 0. The first-order valence-corrected chi connectivity index (χ1v) is 9.36. The summed E-state index contributed by atoms with van der Waals surface area (Å²) in [6.07, 6.45) is 4.46. The molecule has 2 saturated carbocycles. The first-order chi connectivity index (χ1) is 12.7. The number of nitrogens with zero attached hydrogens (tertiary/aromatic N) is 3. The van der Waals surface area contributed by atoms with Crippen LogP contribution in [-0.4, -0.2) is 33.8 Å². The van der Waals surface area contributed by atoms with Gasteiger partial charge in [-0.2, -0.15) is 0 Å². The highest BCUT2D eigenvalue weighted by Gasteiger charge is 2.36. The van der Waals surface area contributed by atoms with Gasteiger partial charge in [0.1, 0.15) is 11.6 Å². The Hall–Kier alpha value is -2.25. The Morgan fingerprint density at radius 2 is 2.08 bits per heavy atom. The van der Waals surface area contributed by atoms with E-state index in [2.05, 4.69) is 25.4 Å². The summed E-state index contributed by atoms with van der Waals surface area (Å²) in [5.74, 6) is 2.53. The predicted octanol–water partition coefficient (Wildman–Crippen LogP) is 1.47. The van der Waals surface area contributed by atoms with Crippen LogP contribution in [0.2, 0.25) is 0 Å². The summed E-state index contributed by atoms with van der Waals surface area (Å²) in [4.78, 5) is 11.7. The van der Waals surface area contributed by atoms with Gasteiger partial charge >= 0.3 is 0 Å². The Kier molecular flexibility index (Phi) is 4.74. The van der Waals surface area contributed by atoms with Crippen molar-refractivity contribution in [3.63, 3.8) is 0 Å². The second kappa shape index (κ2) is 7.17. The van der Waals surface area contributed by atoms with Crippen molar-refractivity contribution in [3.05, 3.63) is 47.0 Å². The lowest BCUT2D eigenvalue weighted by Crippen LogP contribution is -2.36. The predicted molar refractivity (Wildman–Crippen MR) is 98.6 cm³/mol. The summed E-state index contributed by atoms with van der Waals surface area (Å²) < 4.78 is 2.34. The van der Waals surface area contributed by atoms with Crippen LogP contribution in [0.15, 0.2) is 24.3 Å². The summed E-state index contributed by atoms with van der Waals surface area (Å²) in [7, 11) is 1.64. The number of amides is 1. The van der Waals surface area contributed by atoms with Crippen LogP contribution < -0.4 is 16.4 Å². The van der Waals surface area contributed by atoms with Gasteiger partial charge in [-0.25, -0.2) is 0 Å². The Balaban J connectivity index is 1.40. The van der Waals surface area contributed by atoms with Crippen molar-refractivity contribution in [1.29, 1.82) is 0 Å². The molecule has 2 aliphatic carbocycles. The second-order valence-electron chi connectivity index (χ2n) is 7.39. The number of rotatable bonds is 7. The van der Waals surface area contributed by atoms with E-state index >= 15 is 0 Å². The standard InChI is InChI=1S/C19H26N6O/c1-21-19(26)13-4-2-3-12(7-13)10-22-11-17-23-24-18(14-8-15(20)9-14)25(17)16-5-6-16/h2-4,7,14-16,22H,5-6,8-11,20H2,1H3,(H,21,26). The average molecular weight is 354 g/mol. The maximum absolute atomic E-state index is 11.7. The van der Waals surface area contributed by atoms with Gasteiger partial charge in [0.15, 0.2) is 0 Å². The van der Waals surface area contributed by atoms with Gasteiger partial charge in [-0.3, -0.25) is 4.79 Å². The molecule has 1 aromatic heterocycles. The number of aromatic nitrogens is 3. The molecule has 0 bridgehead atoms. The van der Waals surface area contributed by atoms with E-state index < -0.39 is 0 Å². The molecule has 0 spiro atoms. The van der Waals surface area contributed by atoms with E-state index in [-0.39, 0.29) is 5.91 Å². The molecule has 7 nitrogen and oxygen atoms in total. The minimum absolute atomic E-state index is 0.0660. The second-order valence-corrected chi connectivity index (χ2v) is 7.39. The minimum Gasteiger partial charge on any atom is -0.355 e. The molecule has 1 heterocycles. The quantitative estimate of drug-likeness (QED) is 0.699. The average Bonchev–Trinajstić information content (AvgIpc) is 3.39. The summed E-state index contributed by atoms with van der Waals surface area (Å²) in [5, 5.41) is 15.0. The smallest absolute Gasteiger partial charge is 0.251 e. The maximum atomic E-state index is 11.7. The van der Waals surface area contributed by atoms with Crippen LogP contribution in [0.1, 0.15) is 65.2 Å². The van der Waals surface area contributed by atoms with E-state index in [1.165, 1.54) is 12.8 Å². The van der Waals surface area contributed by atoms with Gasteiger partial charge in [0, 0.05) is 37.2 Å². The van der Waals surface area contributed by atoms with Gasteiger partial charge in [-0.05, 0) is 43.4 Å². The Labute approximate surface area is 153 Å². The van der Waals surface area contributed by atoms with E-state index in [9.17, 15) is 4.79 Å². The monoisotopic (exact) mass is 354 g/mol. The summed E-state index contributed by atoms with van der Waals surface area (Å²) in [5.41, 5.74) is 7.70. The lowest BCUT2D eigenvalue weighted by atomic mass is 9.80. The number of hydrogen-bond acceptors (Lipinski definition) is 5. The van der Waals surface area contributed by atoms with E-state index in [0.29, 0.717) is 36.7 Å². The fourth-order valence-electron chi connectivity index (χ4n) is 3.63. The third kappa shape index (κ3) is 3.50. The van der Waals surface area contributed by atoms with E-state index in [1.54, 1.807) is 7.05 Å². The third-order valence-electron chi connectivity index (χ3n) is 5.27. The number of benzene rings is 1. The highest BCUT2D eigenvalue weighted by molar-refractivity contribution is 5.94. The van der Waals surface area contributed by atoms with Gasteiger partial charge in [-0.15, -0.1) is 10.2 Å². The zero-order chi connectivity index (χ0) is 18.1. The van der Waals surface area contributed by atoms with Gasteiger partial charge in [0.05, 0.1) is 6.54 Å². The van der Waals surface area contributed by atoms with Crippen molar-refractivity contribution in [1.82, 2.24) is 25.4 Å². The summed E-state index contributed by atoms with van der Waals surface area (Å²) in [6, 6.07) is 8.54. The number of nitrogens with two attached hydrogens (primary N) is 1. The molecular formula is C19H26N6O. The molecule has 2 aliphatic rings. The van der Waals surface area contributed by atoms with Crippen molar-refractivity contribution in [2.75, 3.05) is 7.05 Å². The van der Waals surface area contributed by atoms with Crippen LogP contribution >= 0.6 is 0 Å². The first-order valence-electron chi connectivity index (χ1n) is 9.36. The van der Waals surface area contributed by atoms with Crippen LogP contribution in [0.4, 0.5) is 0 Å². The molecular weight excluding hydrogens is 328 g/mol. The molecule has 2 fully saturated rings. The zero-order valence-corrected chi connectivity index (χ0v) is 15.1. The molecule has 0 radical (unpaired) electrons. The molecule has 26 heavy (non-hydrogen) atoms. The SMILES string of the molecule is CNC(=O)c1cccc(CNCc2nnc(C3CC(N)C3)n2C2CC2)c1. The van der Waals surface area contributed by atoms with Gasteiger partial charge in [0.2, 0.25) is 0 Å². The van der Waals surface area contributed by atoms with E-state index in [4.69, 9.17) is 5.73 Å². The van der Waals surface area contributed by atoms with Crippen molar-refractivity contribution < 1.29 is 4.79 Å². The van der Waals surface area contributed by atoms with Crippen molar-refractivity contribution in [2.45, 2.75) is 56.8 Å². The molecule has 0 atom stereocenters. The van der Waals surface area contributed by atoms with Crippen molar-refractivity contribution in [3.8, 4) is 0 Å². The number of carbonyl (C=O) groups is 1. The van der Waals surface area contributed by atoms with Crippen molar-refractivity contribution in [2.24, 2.45) is 5.73 Å².